The number of benzene rings is 1. The molecule has 0 spiro atoms. The molecule has 0 bridgehead atoms. The van der Waals surface area contributed by atoms with Crippen LogP contribution in [-0.4, -0.2) is 12.1 Å². The van der Waals surface area contributed by atoms with Gasteiger partial charge in [-0.15, -0.1) is 0 Å². The van der Waals surface area contributed by atoms with Gasteiger partial charge in [-0.1, -0.05) is 12.1 Å². The highest BCUT2D eigenvalue weighted by molar-refractivity contribution is 5.49. The van der Waals surface area contributed by atoms with Gasteiger partial charge >= 0.3 is 0 Å². The molecule has 0 aliphatic heterocycles. The summed E-state index contributed by atoms with van der Waals surface area (Å²) < 4.78 is 5.19. The van der Waals surface area contributed by atoms with E-state index in [4.69, 9.17) is 4.74 Å². The molecular weight excluding hydrogens is 212 g/mol. The third-order valence-electron chi connectivity index (χ3n) is 2.58. The molecule has 1 atom stereocenters. The number of nitrogens with zero attached hydrogens (tertiary/aromatic N) is 1. The van der Waals surface area contributed by atoms with E-state index < -0.39 is 0 Å². The highest BCUT2D eigenvalue weighted by atomic mass is 16.5. The van der Waals surface area contributed by atoms with Crippen molar-refractivity contribution in [1.29, 1.82) is 0 Å². The zero-order chi connectivity index (χ0) is 12.1. The predicted octanol–water partition coefficient (Wildman–Crippen LogP) is 3.26. The van der Waals surface area contributed by atoms with Crippen molar-refractivity contribution in [2.45, 2.75) is 13.0 Å². The number of hydrogen-bond donors (Lipinski definition) is 1. The van der Waals surface area contributed by atoms with Gasteiger partial charge in [-0.05, 0) is 31.2 Å². The molecule has 3 nitrogen and oxygen atoms in total. The number of methoxy groups -OCH3 is 1. The molecule has 0 radical (unpaired) electrons. The van der Waals surface area contributed by atoms with E-state index >= 15 is 0 Å². The minimum Gasteiger partial charge on any atom is -0.497 e. The van der Waals surface area contributed by atoms with Crippen molar-refractivity contribution in [2.75, 3.05) is 12.4 Å². The monoisotopic (exact) mass is 228 g/mol. The van der Waals surface area contributed by atoms with Crippen molar-refractivity contribution in [3.63, 3.8) is 0 Å². The van der Waals surface area contributed by atoms with Crippen molar-refractivity contribution in [1.82, 2.24) is 4.98 Å². The Morgan fingerprint density at radius 1 is 1.18 bits per heavy atom. The van der Waals surface area contributed by atoms with E-state index in [2.05, 4.69) is 17.2 Å². The Bertz CT molecular complexity index is 471. The average Bonchev–Trinajstić information content (AvgIpc) is 2.40. The molecule has 2 aromatic rings. The van der Waals surface area contributed by atoms with Crippen LogP contribution in [0.25, 0.3) is 0 Å². The first kappa shape index (κ1) is 11.5. The summed E-state index contributed by atoms with van der Waals surface area (Å²) in [6, 6.07) is 14.0. The Hall–Kier alpha value is -2.03. The van der Waals surface area contributed by atoms with Gasteiger partial charge in [-0.2, -0.15) is 0 Å². The predicted molar refractivity (Wildman–Crippen MR) is 69.3 cm³/mol. The van der Waals surface area contributed by atoms with Crippen LogP contribution in [0.1, 0.15) is 18.7 Å². The van der Waals surface area contributed by atoms with Crippen LogP contribution >= 0.6 is 0 Å². The maximum Gasteiger partial charge on any atom is 0.120 e. The van der Waals surface area contributed by atoms with E-state index in [1.807, 2.05) is 42.5 Å². The van der Waals surface area contributed by atoms with E-state index in [0.717, 1.165) is 17.1 Å². The van der Waals surface area contributed by atoms with Gasteiger partial charge in [0.25, 0.3) is 0 Å². The Labute approximate surface area is 101 Å². The molecule has 0 amide bonds. The summed E-state index contributed by atoms with van der Waals surface area (Å²) in [6.45, 7) is 2.09. The lowest BCUT2D eigenvalue weighted by molar-refractivity contribution is 0.415. The number of ether oxygens (including phenoxy) is 1. The summed E-state index contributed by atoms with van der Waals surface area (Å²) in [6.07, 6.45) is 1.80. The van der Waals surface area contributed by atoms with Gasteiger partial charge in [0.1, 0.15) is 5.75 Å². The van der Waals surface area contributed by atoms with Gasteiger partial charge in [-0.3, -0.25) is 4.98 Å². The minimum absolute atomic E-state index is 0.170. The Balaban J connectivity index is 2.10. The second-order valence-electron chi connectivity index (χ2n) is 3.85. The fraction of sp³-hybridized carbons (Fsp3) is 0.214. The second-order valence-corrected chi connectivity index (χ2v) is 3.85. The highest BCUT2D eigenvalue weighted by Gasteiger charge is 2.05. The lowest BCUT2D eigenvalue weighted by Gasteiger charge is -2.15. The van der Waals surface area contributed by atoms with Crippen molar-refractivity contribution in [2.24, 2.45) is 0 Å². The van der Waals surface area contributed by atoms with Gasteiger partial charge in [0.05, 0.1) is 18.8 Å². The molecule has 3 heteroatoms. The molecule has 0 fully saturated rings. The first-order chi connectivity index (χ1) is 8.29. The minimum atomic E-state index is 0.170. The van der Waals surface area contributed by atoms with E-state index in [1.165, 1.54) is 0 Å². The van der Waals surface area contributed by atoms with Crippen molar-refractivity contribution >= 4 is 5.69 Å². The van der Waals surface area contributed by atoms with Crippen molar-refractivity contribution < 1.29 is 4.74 Å². The van der Waals surface area contributed by atoms with Crippen LogP contribution in [-0.2, 0) is 0 Å². The second kappa shape index (κ2) is 5.34. The Morgan fingerprint density at radius 2 is 2.06 bits per heavy atom. The summed E-state index contributed by atoms with van der Waals surface area (Å²) in [4.78, 5) is 4.32. The summed E-state index contributed by atoms with van der Waals surface area (Å²) in [7, 11) is 1.67. The molecule has 1 unspecified atom stereocenters. The molecular formula is C14H16N2O. The quantitative estimate of drug-likeness (QED) is 0.872. The molecule has 1 aromatic heterocycles. The van der Waals surface area contributed by atoms with Crippen LogP contribution in [0.5, 0.6) is 5.75 Å². The van der Waals surface area contributed by atoms with Crippen LogP contribution in [0.15, 0.2) is 48.7 Å². The van der Waals surface area contributed by atoms with Gasteiger partial charge < -0.3 is 10.1 Å². The third kappa shape index (κ3) is 2.97. The molecule has 17 heavy (non-hydrogen) atoms. The summed E-state index contributed by atoms with van der Waals surface area (Å²) in [5, 5.41) is 3.39. The van der Waals surface area contributed by atoms with Crippen molar-refractivity contribution in [3.8, 4) is 5.75 Å². The molecule has 1 heterocycles. The summed E-state index contributed by atoms with van der Waals surface area (Å²) in [5.41, 5.74) is 2.05. The molecule has 2 rings (SSSR count). The van der Waals surface area contributed by atoms with Gasteiger partial charge in [0.15, 0.2) is 0 Å². The first-order valence-electron chi connectivity index (χ1n) is 5.61. The normalized spacial score (nSPS) is 11.9. The topological polar surface area (TPSA) is 34.1 Å². The fourth-order valence-electron chi connectivity index (χ4n) is 1.67. The molecule has 0 aliphatic carbocycles. The van der Waals surface area contributed by atoms with Crippen LogP contribution in [0.2, 0.25) is 0 Å². The maximum atomic E-state index is 5.19. The zero-order valence-corrected chi connectivity index (χ0v) is 10.1. The fourth-order valence-corrected chi connectivity index (χ4v) is 1.67. The SMILES string of the molecule is COc1cccc(NC(C)c2ccccn2)c1. The number of pyridine rings is 1. The van der Waals surface area contributed by atoms with Crippen molar-refractivity contribution in [3.05, 3.63) is 54.4 Å². The number of nitrogens with one attached hydrogen (secondary N) is 1. The van der Waals surface area contributed by atoms with Gasteiger partial charge in [0, 0.05) is 18.0 Å². The first-order valence-corrected chi connectivity index (χ1v) is 5.61. The molecule has 1 aromatic carbocycles. The lowest BCUT2D eigenvalue weighted by atomic mass is 10.2. The smallest absolute Gasteiger partial charge is 0.120 e. The lowest BCUT2D eigenvalue weighted by Crippen LogP contribution is -2.08. The van der Waals surface area contributed by atoms with E-state index in [9.17, 15) is 0 Å². The summed E-state index contributed by atoms with van der Waals surface area (Å²) in [5.74, 6) is 0.850. The number of hydrogen-bond acceptors (Lipinski definition) is 3. The largest absolute Gasteiger partial charge is 0.497 e. The number of aromatic nitrogens is 1. The molecule has 88 valence electrons. The van der Waals surface area contributed by atoms with Gasteiger partial charge in [0.2, 0.25) is 0 Å². The third-order valence-corrected chi connectivity index (χ3v) is 2.58. The highest BCUT2D eigenvalue weighted by Crippen LogP contribution is 2.21. The van der Waals surface area contributed by atoms with Crippen LogP contribution < -0.4 is 10.1 Å². The van der Waals surface area contributed by atoms with Crippen LogP contribution in [0.3, 0.4) is 0 Å². The van der Waals surface area contributed by atoms with Crippen LogP contribution in [0.4, 0.5) is 5.69 Å². The standard InChI is InChI=1S/C14H16N2O/c1-11(14-8-3-4-9-15-14)16-12-6-5-7-13(10-12)17-2/h3-11,16H,1-2H3. The average molecular weight is 228 g/mol. The van der Waals surface area contributed by atoms with E-state index in [0.29, 0.717) is 0 Å². The van der Waals surface area contributed by atoms with E-state index in [1.54, 1.807) is 13.3 Å². The van der Waals surface area contributed by atoms with E-state index in [-0.39, 0.29) is 6.04 Å². The maximum absolute atomic E-state index is 5.19. The zero-order valence-electron chi connectivity index (χ0n) is 10.1. The number of anilines is 1. The Kier molecular flexibility index (Phi) is 3.60. The molecule has 0 saturated heterocycles. The number of rotatable bonds is 4. The molecule has 0 saturated carbocycles. The summed E-state index contributed by atoms with van der Waals surface area (Å²) >= 11 is 0. The van der Waals surface area contributed by atoms with Gasteiger partial charge in [-0.25, -0.2) is 0 Å². The molecule has 1 N–H and O–H groups in total. The Morgan fingerprint density at radius 3 is 2.76 bits per heavy atom. The van der Waals surface area contributed by atoms with Crippen LogP contribution in [0, 0.1) is 0 Å². The molecule has 0 aliphatic rings.